The molecule has 0 unspecified atom stereocenters. The van der Waals surface area contributed by atoms with Crippen LogP contribution < -0.4 is 31.0 Å². The number of nitrogens with one attached hydrogen (secondary N) is 4. The second kappa shape index (κ2) is 9.51. The van der Waals surface area contributed by atoms with Gasteiger partial charge < -0.3 is 25.4 Å². The topological polar surface area (TPSA) is 178 Å². The van der Waals surface area contributed by atoms with Gasteiger partial charge in [-0.15, -0.1) is 0 Å². The zero-order valence-electron chi connectivity index (χ0n) is 18.6. The predicted octanol–water partition coefficient (Wildman–Crippen LogP) is 2.50. The molecule has 0 spiro atoms. The van der Waals surface area contributed by atoms with E-state index in [1.807, 2.05) is 0 Å². The molecule has 1 aliphatic heterocycles. The van der Waals surface area contributed by atoms with E-state index in [-0.39, 0.29) is 40.9 Å². The molecule has 0 radical (unpaired) electrons. The minimum atomic E-state index is -1.15. The Bertz CT molecular complexity index is 1370. The number of amides is 2. The number of anilines is 4. The molecule has 1 aromatic heterocycles. The van der Waals surface area contributed by atoms with Crippen molar-refractivity contribution in [1.29, 1.82) is 0 Å². The number of H-pyrrole nitrogens is 1. The normalized spacial score (nSPS) is 14.3. The number of aromatic nitrogens is 2. The molecule has 1 aliphatic rings. The number of nitro groups is 1. The van der Waals surface area contributed by atoms with E-state index >= 15 is 0 Å². The Hall–Kier alpha value is -4.94. The lowest BCUT2D eigenvalue weighted by Gasteiger charge is -2.24. The number of aromatic amines is 1. The average Bonchev–Trinajstić information content (AvgIpc) is 2.83. The van der Waals surface area contributed by atoms with Gasteiger partial charge in [0.1, 0.15) is 17.3 Å². The standard InChI is InChI=1S/C22H20N6O7/c1-34-13-6-3-11(4-7-13)23-22-26-19-18(21(31)27-22)14(10-17(29)25-19)20(30)24-15-8-5-12(28(32)33)9-16(15)35-2/h3-9,14H,10H2,1-2H3,(H,24,30)(H3,23,25,26,27,29,31)/t14-/m1/s1. The molecule has 2 amide bonds. The SMILES string of the molecule is COc1ccc(Nc2nc3c(c(=O)[nH]2)[C@H](C(=O)Nc2ccc([N+](=O)[O-])cc2OC)CC(=O)N3)cc1. The first-order chi connectivity index (χ1) is 16.8. The van der Waals surface area contributed by atoms with E-state index in [4.69, 9.17) is 9.47 Å². The van der Waals surface area contributed by atoms with Crippen molar-refractivity contribution in [2.45, 2.75) is 12.3 Å². The van der Waals surface area contributed by atoms with Crippen LogP contribution >= 0.6 is 0 Å². The molecule has 0 saturated carbocycles. The number of nitro benzene ring substituents is 1. The maximum Gasteiger partial charge on any atom is 0.273 e. The van der Waals surface area contributed by atoms with Crippen LogP contribution in [0, 0.1) is 10.1 Å². The summed E-state index contributed by atoms with van der Waals surface area (Å²) in [7, 11) is 2.84. The third-order valence-corrected chi connectivity index (χ3v) is 5.27. The number of fused-ring (bicyclic) bond motifs is 1. The summed E-state index contributed by atoms with van der Waals surface area (Å²) in [5.41, 5.74) is -0.0849. The van der Waals surface area contributed by atoms with Gasteiger partial charge in [0.2, 0.25) is 17.8 Å². The fourth-order valence-electron chi connectivity index (χ4n) is 3.58. The Morgan fingerprint density at radius 2 is 1.89 bits per heavy atom. The molecule has 13 heteroatoms. The molecule has 0 bridgehead atoms. The van der Waals surface area contributed by atoms with Crippen molar-refractivity contribution in [3.05, 3.63) is 68.5 Å². The number of rotatable bonds is 7. The van der Waals surface area contributed by atoms with Gasteiger partial charge in [0.25, 0.3) is 11.2 Å². The third kappa shape index (κ3) is 4.88. The van der Waals surface area contributed by atoms with E-state index in [0.29, 0.717) is 11.4 Å². The van der Waals surface area contributed by atoms with Crippen molar-refractivity contribution in [2.24, 2.45) is 0 Å². The Labute approximate surface area is 197 Å². The number of carbonyl (C=O) groups is 2. The van der Waals surface area contributed by atoms with Crippen LogP contribution in [-0.4, -0.2) is 40.9 Å². The number of benzene rings is 2. The van der Waals surface area contributed by atoms with Gasteiger partial charge in [0.05, 0.1) is 42.4 Å². The number of hydrogen-bond acceptors (Lipinski definition) is 9. The molecular weight excluding hydrogens is 460 g/mol. The molecule has 0 saturated heterocycles. The number of nitrogens with zero attached hydrogens (tertiary/aromatic N) is 2. The van der Waals surface area contributed by atoms with Gasteiger partial charge in [-0.3, -0.25) is 29.5 Å². The first-order valence-electron chi connectivity index (χ1n) is 10.3. The molecule has 2 aromatic carbocycles. The Morgan fingerprint density at radius 1 is 1.14 bits per heavy atom. The van der Waals surface area contributed by atoms with Gasteiger partial charge in [-0.05, 0) is 30.3 Å². The molecule has 4 rings (SSSR count). The zero-order valence-corrected chi connectivity index (χ0v) is 18.6. The highest BCUT2D eigenvalue weighted by Crippen LogP contribution is 2.33. The Morgan fingerprint density at radius 3 is 2.54 bits per heavy atom. The van der Waals surface area contributed by atoms with E-state index in [1.165, 1.54) is 26.4 Å². The number of non-ortho nitro benzene ring substituents is 1. The summed E-state index contributed by atoms with van der Waals surface area (Å²) >= 11 is 0. The molecule has 3 aromatic rings. The highest BCUT2D eigenvalue weighted by atomic mass is 16.6. The van der Waals surface area contributed by atoms with Crippen LogP contribution in [-0.2, 0) is 9.59 Å². The maximum atomic E-state index is 13.1. The number of ether oxygens (including phenoxy) is 2. The van der Waals surface area contributed by atoms with E-state index in [2.05, 4.69) is 25.9 Å². The summed E-state index contributed by atoms with van der Waals surface area (Å²) in [6.45, 7) is 0. The van der Waals surface area contributed by atoms with Crippen LogP contribution in [0.25, 0.3) is 0 Å². The van der Waals surface area contributed by atoms with Crippen LogP contribution in [0.3, 0.4) is 0 Å². The Kier molecular flexibility index (Phi) is 6.31. The summed E-state index contributed by atoms with van der Waals surface area (Å²) in [5.74, 6) is -1.59. The minimum Gasteiger partial charge on any atom is -0.497 e. The van der Waals surface area contributed by atoms with Gasteiger partial charge >= 0.3 is 0 Å². The number of methoxy groups -OCH3 is 2. The second-order valence-corrected chi connectivity index (χ2v) is 7.47. The average molecular weight is 480 g/mol. The van der Waals surface area contributed by atoms with Crippen LogP contribution in [0.15, 0.2) is 47.3 Å². The highest BCUT2D eigenvalue weighted by molar-refractivity contribution is 6.05. The quantitative estimate of drug-likeness (QED) is 0.292. The number of carbonyl (C=O) groups excluding carboxylic acids is 2. The van der Waals surface area contributed by atoms with E-state index in [0.717, 1.165) is 6.07 Å². The molecule has 13 nitrogen and oxygen atoms in total. The van der Waals surface area contributed by atoms with Crippen molar-refractivity contribution < 1.29 is 24.0 Å². The van der Waals surface area contributed by atoms with Crippen molar-refractivity contribution in [3.8, 4) is 11.5 Å². The maximum absolute atomic E-state index is 13.1. The minimum absolute atomic E-state index is 0.0109. The van der Waals surface area contributed by atoms with Crippen molar-refractivity contribution in [2.75, 3.05) is 30.2 Å². The van der Waals surface area contributed by atoms with Gasteiger partial charge in [-0.1, -0.05) is 0 Å². The van der Waals surface area contributed by atoms with Crippen LogP contribution in [0.4, 0.5) is 28.8 Å². The van der Waals surface area contributed by atoms with Gasteiger partial charge in [0.15, 0.2) is 0 Å². The third-order valence-electron chi connectivity index (χ3n) is 5.27. The molecule has 4 N–H and O–H groups in total. The van der Waals surface area contributed by atoms with Crippen LogP contribution in [0.2, 0.25) is 0 Å². The molecule has 1 atom stereocenters. The first-order valence-corrected chi connectivity index (χ1v) is 10.3. The van der Waals surface area contributed by atoms with E-state index < -0.39 is 28.2 Å². The largest absolute Gasteiger partial charge is 0.497 e. The van der Waals surface area contributed by atoms with Crippen molar-refractivity contribution in [1.82, 2.24) is 9.97 Å². The lowest BCUT2D eigenvalue weighted by atomic mass is 9.92. The molecular formula is C22H20N6O7. The Balaban J connectivity index is 1.61. The predicted molar refractivity (Wildman–Crippen MR) is 125 cm³/mol. The fraction of sp³-hybridized carbons (Fsp3) is 0.182. The summed E-state index contributed by atoms with van der Waals surface area (Å²) in [6.07, 6.45) is -0.288. The van der Waals surface area contributed by atoms with Crippen molar-refractivity contribution >= 4 is 40.6 Å². The van der Waals surface area contributed by atoms with Gasteiger partial charge in [-0.2, -0.15) is 4.98 Å². The molecule has 180 valence electrons. The second-order valence-electron chi connectivity index (χ2n) is 7.47. The lowest BCUT2D eigenvalue weighted by Crippen LogP contribution is -2.36. The smallest absolute Gasteiger partial charge is 0.273 e. The van der Waals surface area contributed by atoms with E-state index in [1.54, 1.807) is 24.3 Å². The molecule has 35 heavy (non-hydrogen) atoms. The van der Waals surface area contributed by atoms with Crippen LogP contribution in [0.5, 0.6) is 11.5 Å². The number of hydrogen-bond donors (Lipinski definition) is 4. The zero-order chi connectivity index (χ0) is 25.1. The summed E-state index contributed by atoms with van der Waals surface area (Å²) in [4.78, 5) is 55.5. The van der Waals surface area contributed by atoms with Crippen molar-refractivity contribution in [3.63, 3.8) is 0 Å². The van der Waals surface area contributed by atoms with Gasteiger partial charge in [-0.25, -0.2) is 0 Å². The molecule has 0 fully saturated rings. The lowest BCUT2D eigenvalue weighted by molar-refractivity contribution is -0.384. The highest BCUT2D eigenvalue weighted by Gasteiger charge is 2.35. The fourth-order valence-corrected chi connectivity index (χ4v) is 3.58. The van der Waals surface area contributed by atoms with Gasteiger partial charge in [0, 0.05) is 18.2 Å². The molecule has 2 heterocycles. The summed E-state index contributed by atoms with van der Waals surface area (Å²) < 4.78 is 10.2. The van der Waals surface area contributed by atoms with E-state index in [9.17, 15) is 24.5 Å². The molecule has 0 aliphatic carbocycles. The van der Waals surface area contributed by atoms with Crippen LogP contribution in [0.1, 0.15) is 17.9 Å². The summed E-state index contributed by atoms with van der Waals surface area (Å²) in [6, 6.07) is 10.5. The monoisotopic (exact) mass is 480 g/mol. The first kappa shape index (κ1) is 23.2. The summed E-state index contributed by atoms with van der Waals surface area (Å²) in [5, 5.41) is 19.0.